The Kier molecular flexibility index (Phi) is 6.84. The average molecular weight is 379 g/mol. The van der Waals surface area contributed by atoms with Gasteiger partial charge in [0.2, 0.25) is 0 Å². The van der Waals surface area contributed by atoms with Crippen LogP contribution in [0.3, 0.4) is 0 Å². The molecule has 5 nitrogen and oxygen atoms in total. The maximum absolute atomic E-state index is 12.5. The maximum Gasteiger partial charge on any atom is 0.410 e. The second kappa shape index (κ2) is 9.74. The molecule has 1 saturated heterocycles. The first-order valence-corrected chi connectivity index (χ1v) is 9.50. The number of ether oxygens (including phenoxy) is 2. The van der Waals surface area contributed by atoms with Gasteiger partial charge in [-0.2, -0.15) is 0 Å². The van der Waals surface area contributed by atoms with Crippen LogP contribution in [0.5, 0.6) is 0 Å². The van der Waals surface area contributed by atoms with E-state index in [9.17, 15) is 9.59 Å². The highest BCUT2D eigenvalue weighted by Crippen LogP contribution is 2.25. The largest absolute Gasteiger partial charge is 0.457 e. The van der Waals surface area contributed by atoms with Gasteiger partial charge in [-0.1, -0.05) is 54.6 Å². The van der Waals surface area contributed by atoms with Crippen molar-refractivity contribution in [2.24, 2.45) is 5.92 Å². The van der Waals surface area contributed by atoms with E-state index in [0.29, 0.717) is 18.7 Å². The molecule has 0 N–H and O–H groups in total. The number of nitrogens with zero attached hydrogens (tertiary/aromatic N) is 1. The lowest BCUT2D eigenvalue weighted by Gasteiger charge is -2.37. The van der Waals surface area contributed by atoms with E-state index in [1.807, 2.05) is 42.5 Å². The smallest absolute Gasteiger partial charge is 0.410 e. The number of allylic oxidation sites excluding steroid dienone is 1. The summed E-state index contributed by atoms with van der Waals surface area (Å²) in [6.07, 6.45) is 2.53. The highest BCUT2D eigenvalue weighted by molar-refractivity contribution is 5.89. The monoisotopic (exact) mass is 379 g/mol. The van der Waals surface area contributed by atoms with Crippen molar-refractivity contribution < 1.29 is 19.1 Å². The SMILES string of the molecule is C=CC[C@H]1CCN(C(=O)OCc2ccccc2)C[C@H]1OC(=O)c1ccccc1. The zero-order chi connectivity index (χ0) is 19.8. The quantitative estimate of drug-likeness (QED) is 0.550. The van der Waals surface area contributed by atoms with Gasteiger partial charge in [0.15, 0.2) is 0 Å². The van der Waals surface area contributed by atoms with Crippen LogP contribution in [-0.2, 0) is 16.1 Å². The number of amides is 1. The molecular formula is C23H25NO4. The Labute approximate surface area is 165 Å². The van der Waals surface area contributed by atoms with Gasteiger partial charge in [-0.25, -0.2) is 9.59 Å². The standard InChI is InChI=1S/C23H25NO4/c1-2-9-19-14-15-24(23(26)27-17-18-10-5-3-6-11-18)16-21(19)28-22(25)20-12-7-4-8-13-20/h2-8,10-13,19,21H,1,9,14-17H2/t19-,21+/m0/s1. The van der Waals surface area contributed by atoms with E-state index in [1.165, 1.54) is 0 Å². The lowest BCUT2D eigenvalue weighted by Crippen LogP contribution is -2.48. The van der Waals surface area contributed by atoms with E-state index in [1.54, 1.807) is 29.2 Å². The predicted octanol–water partition coefficient (Wildman–Crippen LogP) is 4.45. The fourth-order valence-corrected chi connectivity index (χ4v) is 3.34. The second-order valence-electron chi connectivity index (χ2n) is 6.87. The number of hydrogen-bond acceptors (Lipinski definition) is 4. The van der Waals surface area contributed by atoms with Crippen LogP contribution >= 0.6 is 0 Å². The van der Waals surface area contributed by atoms with E-state index in [-0.39, 0.29) is 30.7 Å². The van der Waals surface area contributed by atoms with Gasteiger partial charge in [-0.05, 0) is 30.5 Å². The number of esters is 1. The molecule has 3 rings (SSSR count). The number of benzene rings is 2. The summed E-state index contributed by atoms with van der Waals surface area (Å²) in [6.45, 7) is 4.92. The number of carbonyl (C=O) groups is 2. The summed E-state index contributed by atoms with van der Waals surface area (Å²) >= 11 is 0. The number of hydrogen-bond donors (Lipinski definition) is 0. The molecule has 1 aliphatic heterocycles. The Morgan fingerprint density at radius 1 is 1.07 bits per heavy atom. The van der Waals surface area contributed by atoms with Gasteiger partial charge >= 0.3 is 12.1 Å². The molecule has 5 heteroatoms. The van der Waals surface area contributed by atoms with Crippen LogP contribution in [0.15, 0.2) is 73.3 Å². The molecule has 2 aromatic carbocycles. The summed E-state index contributed by atoms with van der Waals surface area (Å²) in [7, 11) is 0. The fraction of sp³-hybridized carbons (Fsp3) is 0.304. The van der Waals surface area contributed by atoms with E-state index in [2.05, 4.69) is 6.58 Å². The molecule has 28 heavy (non-hydrogen) atoms. The minimum absolute atomic E-state index is 0.142. The molecular weight excluding hydrogens is 354 g/mol. The highest BCUT2D eigenvalue weighted by atomic mass is 16.6. The van der Waals surface area contributed by atoms with E-state index >= 15 is 0 Å². The molecule has 0 spiro atoms. The third-order valence-electron chi connectivity index (χ3n) is 4.90. The van der Waals surface area contributed by atoms with E-state index in [4.69, 9.17) is 9.47 Å². The Morgan fingerprint density at radius 2 is 1.75 bits per heavy atom. The molecule has 1 amide bonds. The maximum atomic E-state index is 12.5. The first kappa shape index (κ1) is 19.7. The molecule has 1 fully saturated rings. The number of carbonyl (C=O) groups excluding carboxylic acids is 2. The highest BCUT2D eigenvalue weighted by Gasteiger charge is 2.34. The van der Waals surface area contributed by atoms with Crippen LogP contribution in [-0.4, -0.2) is 36.2 Å². The summed E-state index contributed by atoms with van der Waals surface area (Å²) in [4.78, 5) is 26.6. The Bertz CT molecular complexity index is 791. The third-order valence-corrected chi connectivity index (χ3v) is 4.90. The lowest BCUT2D eigenvalue weighted by molar-refractivity contribution is -0.0184. The minimum Gasteiger partial charge on any atom is -0.457 e. The Morgan fingerprint density at radius 3 is 2.43 bits per heavy atom. The van der Waals surface area contributed by atoms with Gasteiger partial charge in [-0.3, -0.25) is 0 Å². The van der Waals surface area contributed by atoms with Crippen molar-refractivity contribution in [1.29, 1.82) is 0 Å². The summed E-state index contributed by atoms with van der Waals surface area (Å²) in [5, 5.41) is 0. The van der Waals surface area contributed by atoms with Crippen LogP contribution in [0.4, 0.5) is 4.79 Å². The zero-order valence-corrected chi connectivity index (χ0v) is 15.8. The van der Waals surface area contributed by atoms with Crippen molar-refractivity contribution in [3.05, 3.63) is 84.4 Å². The average Bonchev–Trinajstić information content (AvgIpc) is 2.74. The van der Waals surface area contributed by atoms with Crippen molar-refractivity contribution in [3.8, 4) is 0 Å². The summed E-state index contributed by atoms with van der Waals surface area (Å²) < 4.78 is 11.2. The Balaban J connectivity index is 1.61. The molecule has 2 aromatic rings. The molecule has 0 radical (unpaired) electrons. The van der Waals surface area contributed by atoms with Crippen molar-refractivity contribution in [2.45, 2.75) is 25.6 Å². The number of likely N-dealkylation sites (tertiary alicyclic amines) is 1. The molecule has 0 bridgehead atoms. The topological polar surface area (TPSA) is 55.8 Å². The third kappa shape index (κ3) is 5.22. The van der Waals surface area contributed by atoms with Crippen LogP contribution < -0.4 is 0 Å². The van der Waals surface area contributed by atoms with Crippen LogP contribution in [0.25, 0.3) is 0 Å². The number of piperidine rings is 1. The van der Waals surface area contributed by atoms with Gasteiger partial charge in [0.05, 0.1) is 12.1 Å². The van der Waals surface area contributed by atoms with Crippen molar-refractivity contribution in [1.82, 2.24) is 4.90 Å². The molecule has 0 unspecified atom stereocenters. The van der Waals surface area contributed by atoms with Crippen LogP contribution in [0.2, 0.25) is 0 Å². The number of rotatable bonds is 6. The predicted molar refractivity (Wildman–Crippen MR) is 107 cm³/mol. The van der Waals surface area contributed by atoms with E-state index < -0.39 is 0 Å². The lowest BCUT2D eigenvalue weighted by atomic mass is 9.91. The molecule has 2 atom stereocenters. The van der Waals surface area contributed by atoms with Crippen molar-refractivity contribution in [3.63, 3.8) is 0 Å². The fourth-order valence-electron chi connectivity index (χ4n) is 3.34. The molecule has 0 aromatic heterocycles. The van der Waals surface area contributed by atoms with Gasteiger partial charge in [0.25, 0.3) is 0 Å². The molecule has 146 valence electrons. The summed E-state index contributed by atoms with van der Waals surface area (Å²) in [5.41, 5.74) is 1.44. The summed E-state index contributed by atoms with van der Waals surface area (Å²) in [6, 6.07) is 18.4. The molecule has 1 heterocycles. The first-order chi connectivity index (χ1) is 13.7. The van der Waals surface area contributed by atoms with Crippen molar-refractivity contribution >= 4 is 12.1 Å². The Hall–Kier alpha value is -3.08. The molecule has 0 saturated carbocycles. The van der Waals surface area contributed by atoms with Gasteiger partial charge in [0.1, 0.15) is 12.7 Å². The second-order valence-corrected chi connectivity index (χ2v) is 6.87. The zero-order valence-electron chi connectivity index (χ0n) is 15.8. The molecule has 0 aliphatic carbocycles. The van der Waals surface area contributed by atoms with E-state index in [0.717, 1.165) is 18.4 Å². The van der Waals surface area contributed by atoms with Crippen molar-refractivity contribution in [2.75, 3.05) is 13.1 Å². The summed E-state index contributed by atoms with van der Waals surface area (Å²) in [5.74, 6) is -0.234. The first-order valence-electron chi connectivity index (χ1n) is 9.50. The van der Waals surface area contributed by atoms with Gasteiger partial charge in [0, 0.05) is 12.5 Å². The molecule has 1 aliphatic rings. The van der Waals surface area contributed by atoms with Crippen LogP contribution in [0, 0.1) is 5.92 Å². The van der Waals surface area contributed by atoms with Gasteiger partial charge < -0.3 is 14.4 Å². The van der Waals surface area contributed by atoms with Gasteiger partial charge in [-0.15, -0.1) is 6.58 Å². The van der Waals surface area contributed by atoms with Crippen LogP contribution in [0.1, 0.15) is 28.8 Å². The minimum atomic E-state index is -0.387. The normalized spacial score (nSPS) is 18.9.